The van der Waals surface area contributed by atoms with Crippen LogP contribution in [-0.2, 0) is 33.7 Å². The van der Waals surface area contributed by atoms with Crippen molar-refractivity contribution in [2.45, 2.75) is 48.6 Å². The van der Waals surface area contributed by atoms with Crippen LogP contribution >= 0.6 is 11.8 Å². The van der Waals surface area contributed by atoms with Gasteiger partial charge in [-0.15, -0.1) is 0 Å². The number of thioether (sulfide) groups is 1. The number of amides is 1. The maximum absolute atomic E-state index is 15.2. The number of alkyl halides is 4. The Hall–Kier alpha value is -4.42. The fourth-order valence-corrected chi connectivity index (χ4v) is 9.84. The molecule has 52 heavy (non-hydrogen) atoms. The van der Waals surface area contributed by atoms with Crippen molar-refractivity contribution >= 4 is 38.7 Å². The van der Waals surface area contributed by atoms with E-state index in [0.717, 1.165) is 12.1 Å². The first-order valence-corrected chi connectivity index (χ1v) is 18.9. The number of carbonyl (C=O) groups excluding carboxylic acids is 1. The highest BCUT2D eigenvalue weighted by atomic mass is 32.2. The van der Waals surface area contributed by atoms with Crippen LogP contribution in [0.3, 0.4) is 0 Å². The zero-order valence-electron chi connectivity index (χ0n) is 27.0. The minimum atomic E-state index is -3.77. The molecule has 1 saturated carbocycles. The number of pyridine rings is 1. The third-order valence-corrected chi connectivity index (χ3v) is 12.6. The lowest BCUT2D eigenvalue weighted by molar-refractivity contribution is -0.123. The minimum Gasteiger partial charge on any atom is -0.346 e. The standard InChI is InChI=1S/C34H29F6N7O3S2/c35-19-9-17(10-20(36)12-19)11-26(42-28(48)16-47-32-29(31(45-47)33(37)38)23-13-24(23)34(32,39)40)30-22(14-25-27(43-30)15-41-44-25)18-1-3-21(4-2-18)52(49,50)46-5-7-51-8-6-46/h1-4,9-10,12,14-15,23-24,26,33H,5-8,11,13,16H2,(H,41,44)(H,42,48)/t23-,24+,26?/m0/s1. The molecule has 3 aliphatic rings. The third kappa shape index (κ3) is 6.13. The molecule has 8 rings (SSSR count). The number of rotatable bonds is 10. The SMILES string of the molecule is O=C(Cn1nc(C(F)F)c2c1C(F)(F)[C@@H]1C[C@H]21)NC(Cc1cc(F)cc(F)c1)c1nc2cn[nH]c2cc1-c1ccc(S(=O)(=O)N2CCSCC2)cc1. The van der Waals surface area contributed by atoms with Crippen molar-refractivity contribution in [3.05, 3.63) is 94.6 Å². The molecule has 18 heteroatoms. The number of carbonyl (C=O) groups is 1. The van der Waals surface area contributed by atoms with Crippen molar-refractivity contribution in [3.63, 3.8) is 0 Å². The van der Waals surface area contributed by atoms with Gasteiger partial charge in [0.2, 0.25) is 15.9 Å². The smallest absolute Gasteiger partial charge is 0.293 e. The van der Waals surface area contributed by atoms with E-state index in [0.29, 0.717) is 57.5 Å². The molecule has 2 fully saturated rings. The molecular weight excluding hydrogens is 733 g/mol. The predicted octanol–water partition coefficient (Wildman–Crippen LogP) is 6.08. The summed E-state index contributed by atoms with van der Waals surface area (Å²) in [4.78, 5) is 18.5. The van der Waals surface area contributed by atoms with Gasteiger partial charge in [0.1, 0.15) is 35.1 Å². The Bertz CT molecular complexity index is 2290. The summed E-state index contributed by atoms with van der Waals surface area (Å²) < 4.78 is 116. The van der Waals surface area contributed by atoms with Gasteiger partial charge in [-0.05, 0) is 60.2 Å². The summed E-state index contributed by atoms with van der Waals surface area (Å²) in [5, 5.41) is 13.3. The molecule has 272 valence electrons. The molecule has 2 aromatic carbocycles. The topological polar surface area (TPSA) is 126 Å². The number of benzene rings is 2. The minimum absolute atomic E-state index is 0.0547. The Kier molecular flexibility index (Phi) is 8.60. The Morgan fingerprint density at radius 3 is 2.44 bits per heavy atom. The average molecular weight is 762 g/mol. The van der Waals surface area contributed by atoms with Crippen LogP contribution in [0.4, 0.5) is 26.3 Å². The highest BCUT2D eigenvalue weighted by molar-refractivity contribution is 7.99. The molecule has 3 atom stereocenters. The number of hydrogen-bond donors (Lipinski definition) is 2. The number of nitrogens with one attached hydrogen (secondary N) is 2. The number of hydrogen-bond acceptors (Lipinski definition) is 7. The lowest BCUT2D eigenvalue weighted by atomic mass is 9.95. The summed E-state index contributed by atoms with van der Waals surface area (Å²) in [6.45, 7) is -0.0845. The van der Waals surface area contributed by atoms with Crippen LogP contribution in [0.15, 0.2) is 59.6 Å². The van der Waals surface area contributed by atoms with Gasteiger partial charge in [-0.3, -0.25) is 14.6 Å². The molecule has 5 aromatic rings. The molecular formula is C34H29F6N7O3S2. The van der Waals surface area contributed by atoms with Crippen LogP contribution < -0.4 is 5.32 Å². The van der Waals surface area contributed by atoms with Crippen LogP contribution in [0.5, 0.6) is 0 Å². The van der Waals surface area contributed by atoms with E-state index < -0.39 is 75.7 Å². The molecule has 1 amide bonds. The first-order chi connectivity index (χ1) is 24.8. The van der Waals surface area contributed by atoms with Crippen LogP contribution in [0.1, 0.15) is 53.0 Å². The molecule has 1 unspecified atom stereocenters. The normalized spacial score (nSPS) is 20.2. The largest absolute Gasteiger partial charge is 0.346 e. The molecule has 0 spiro atoms. The molecule has 3 aromatic heterocycles. The molecule has 0 bridgehead atoms. The molecule has 2 N–H and O–H groups in total. The second-order valence-corrected chi connectivity index (χ2v) is 16.2. The summed E-state index contributed by atoms with van der Waals surface area (Å²) in [6.07, 6.45) is -1.89. The van der Waals surface area contributed by atoms with E-state index in [2.05, 4.69) is 20.6 Å². The van der Waals surface area contributed by atoms with E-state index in [9.17, 15) is 30.8 Å². The number of fused-ring (bicyclic) bond motifs is 4. The molecule has 1 aliphatic heterocycles. The van der Waals surface area contributed by atoms with Gasteiger partial charge in [0.25, 0.3) is 12.3 Å². The Morgan fingerprint density at radius 1 is 1.04 bits per heavy atom. The van der Waals surface area contributed by atoms with Crippen molar-refractivity contribution in [1.29, 1.82) is 0 Å². The maximum atomic E-state index is 15.2. The quantitative estimate of drug-likeness (QED) is 0.165. The number of halogens is 6. The van der Waals surface area contributed by atoms with E-state index in [1.54, 1.807) is 30.0 Å². The van der Waals surface area contributed by atoms with Crippen molar-refractivity contribution in [3.8, 4) is 11.1 Å². The van der Waals surface area contributed by atoms with Gasteiger partial charge in [-0.2, -0.15) is 35.0 Å². The summed E-state index contributed by atoms with van der Waals surface area (Å²) in [7, 11) is -3.77. The number of nitrogens with zero attached hydrogens (tertiary/aromatic N) is 5. The lowest BCUT2D eigenvalue weighted by Crippen LogP contribution is -2.37. The monoisotopic (exact) mass is 761 g/mol. The molecule has 10 nitrogen and oxygen atoms in total. The van der Waals surface area contributed by atoms with Crippen LogP contribution in [0, 0.1) is 17.6 Å². The van der Waals surface area contributed by atoms with Gasteiger partial charge in [0, 0.05) is 47.7 Å². The van der Waals surface area contributed by atoms with Crippen molar-refractivity contribution in [2.24, 2.45) is 5.92 Å². The summed E-state index contributed by atoms with van der Waals surface area (Å²) >= 11 is 1.67. The van der Waals surface area contributed by atoms with Gasteiger partial charge in [0.15, 0.2) is 0 Å². The second kappa shape index (κ2) is 12.9. The van der Waals surface area contributed by atoms with Crippen LogP contribution in [-0.4, -0.2) is 68.2 Å². The van der Waals surface area contributed by atoms with E-state index in [4.69, 9.17) is 4.98 Å². The first-order valence-electron chi connectivity index (χ1n) is 16.3. The van der Waals surface area contributed by atoms with Gasteiger partial charge >= 0.3 is 0 Å². The third-order valence-electron chi connectivity index (χ3n) is 9.71. The van der Waals surface area contributed by atoms with Crippen molar-refractivity contribution in [2.75, 3.05) is 24.6 Å². The Morgan fingerprint density at radius 2 is 1.75 bits per heavy atom. The zero-order valence-corrected chi connectivity index (χ0v) is 28.6. The average Bonchev–Trinajstić information content (AvgIpc) is 3.52. The van der Waals surface area contributed by atoms with E-state index in [-0.39, 0.29) is 34.6 Å². The highest BCUT2D eigenvalue weighted by Gasteiger charge is 2.67. The molecule has 4 heterocycles. The summed E-state index contributed by atoms with van der Waals surface area (Å²) in [6, 6.07) is 9.37. The molecule has 0 radical (unpaired) electrons. The van der Waals surface area contributed by atoms with Gasteiger partial charge in [-0.25, -0.2) is 31.0 Å². The lowest BCUT2D eigenvalue weighted by Gasteiger charge is -2.25. The molecule has 2 aliphatic carbocycles. The number of aromatic amines is 1. The fourth-order valence-electron chi connectivity index (χ4n) is 7.27. The van der Waals surface area contributed by atoms with Crippen molar-refractivity contribution < 1.29 is 39.6 Å². The number of H-pyrrole nitrogens is 1. The maximum Gasteiger partial charge on any atom is 0.293 e. The van der Waals surface area contributed by atoms with Gasteiger partial charge in [0.05, 0.1) is 28.3 Å². The van der Waals surface area contributed by atoms with Crippen LogP contribution in [0.2, 0.25) is 0 Å². The number of sulfonamides is 1. The van der Waals surface area contributed by atoms with E-state index >= 15 is 8.78 Å². The second-order valence-electron chi connectivity index (χ2n) is 13.0. The van der Waals surface area contributed by atoms with Crippen molar-refractivity contribution in [1.82, 2.24) is 34.6 Å². The molecule has 1 saturated heterocycles. The summed E-state index contributed by atoms with van der Waals surface area (Å²) in [5.41, 5.74) is 0.302. The Balaban J connectivity index is 1.17. The fraction of sp³-hybridized carbons (Fsp3) is 0.353. The highest BCUT2D eigenvalue weighted by Crippen LogP contribution is 2.68. The van der Waals surface area contributed by atoms with Gasteiger partial charge in [-0.1, -0.05) is 12.1 Å². The van der Waals surface area contributed by atoms with Crippen LogP contribution in [0.25, 0.3) is 22.2 Å². The Labute approximate surface area is 297 Å². The predicted molar refractivity (Wildman–Crippen MR) is 178 cm³/mol. The zero-order chi connectivity index (χ0) is 36.5. The summed E-state index contributed by atoms with van der Waals surface area (Å²) in [5.74, 6) is -6.63. The van der Waals surface area contributed by atoms with E-state index in [1.165, 1.54) is 22.6 Å². The van der Waals surface area contributed by atoms with E-state index in [1.807, 2.05) is 0 Å². The number of aromatic nitrogens is 5. The van der Waals surface area contributed by atoms with Gasteiger partial charge < -0.3 is 5.32 Å². The first kappa shape index (κ1) is 34.7.